The molecule has 1 spiro atoms. The molecule has 0 aromatic heterocycles. The van der Waals surface area contributed by atoms with E-state index in [1.165, 1.54) is 15.6 Å². The van der Waals surface area contributed by atoms with Gasteiger partial charge in [0, 0.05) is 57.9 Å². The Labute approximate surface area is 220 Å². The molecule has 1 atom stereocenters. The molecule has 0 N–H and O–H groups in total. The van der Waals surface area contributed by atoms with Crippen molar-refractivity contribution < 1.29 is 22.7 Å². The van der Waals surface area contributed by atoms with Gasteiger partial charge in [0.1, 0.15) is 11.9 Å². The van der Waals surface area contributed by atoms with E-state index in [9.17, 15) is 13.2 Å². The fourth-order valence-corrected chi connectivity index (χ4v) is 7.21. The number of methoxy groups -OCH3 is 1. The Bertz CT molecular complexity index is 1180. The topological polar surface area (TPSA) is 79.4 Å². The van der Waals surface area contributed by atoms with Crippen LogP contribution in [0.25, 0.3) is 0 Å². The molecule has 200 valence electrons. The van der Waals surface area contributed by atoms with E-state index in [4.69, 9.17) is 9.47 Å². The summed E-state index contributed by atoms with van der Waals surface area (Å²) in [6.07, 6.45) is 2.43. The van der Waals surface area contributed by atoms with Gasteiger partial charge in [-0.1, -0.05) is 17.7 Å². The molecule has 3 aliphatic heterocycles. The van der Waals surface area contributed by atoms with Crippen molar-refractivity contribution in [1.82, 2.24) is 9.21 Å². The molecule has 3 heterocycles. The lowest BCUT2D eigenvalue weighted by atomic mass is 9.76. The Hall–Kier alpha value is -2.62. The molecule has 0 aliphatic carbocycles. The molecule has 0 amide bonds. The van der Waals surface area contributed by atoms with E-state index in [1.807, 2.05) is 0 Å². The number of rotatable bonds is 7. The first-order chi connectivity index (χ1) is 17.8. The van der Waals surface area contributed by atoms with E-state index in [0.29, 0.717) is 38.1 Å². The van der Waals surface area contributed by atoms with Gasteiger partial charge in [0.05, 0.1) is 17.4 Å². The first-order valence-electron chi connectivity index (χ1n) is 13.2. The van der Waals surface area contributed by atoms with Crippen LogP contribution in [-0.2, 0) is 19.6 Å². The van der Waals surface area contributed by atoms with Gasteiger partial charge in [-0.25, -0.2) is 8.42 Å². The Morgan fingerprint density at radius 3 is 2.22 bits per heavy atom. The van der Waals surface area contributed by atoms with Crippen molar-refractivity contribution in [3.05, 3.63) is 54.1 Å². The number of hydrogen-bond acceptors (Lipinski definition) is 7. The molecule has 0 radical (unpaired) electrons. The summed E-state index contributed by atoms with van der Waals surface area (Å²) in [6, 6.07) is 15.1. The number of carbonyl (C=O) groups is 1. The minimum atomic E-state index is -3.60. The molecule has 9 heteroatoms. The molecule has 3 fully saturated rings. The quantitative estimate of drug-likeness (QED) is 0.511. The minimum absolute atomic E-state index is 0.0904. The van der Waals surface area contributed by atoms with Crippen molar-refractivity contribution in [2.24, 2.45) is 5.41 Å². The summed E-state index contributed by atoms with van der Waals surface area (Å²) < 4.78 is 38.7. The van der Waals surface area contributed by atoms with Gasteiger partial charge >= 0.3 is 5.97 Å². The molecule has 0 bridgehead atoms. The maximum absolute atomic E-state index is 13.1. The molecular weight excluding hydrogens is 490 g/mol. The van der Waals surface area contributed by atoms with E-state index in [-0.39, 0.29) is 17.0 Å². The number of benzene rings is 2. The van der Waals surface area contributed by atoms with Crippen LogP contribution in [0.1, 0.15) is 31.2 Å². The van der Waals surface area contributed by atoms with E-state index >= 15 is 0 Å². The summed E-state index contributed by atoms with van der Waals surface area (Å²) in [5, 5.41) is 0. The SMILES string of the molecule is COc1ccc(S(=O)(=O)N2CCC3(CC2)C[C@@H](CCN2CCN(c4ccc(C)cc4)CC2)OC3=O)cc1. The van der Waals surface area contributed by atoms with Gasteiger partial charge in [0.2, 0.25) is 10.0 Å². The Kier molecular flexibility index (Phi) is 7.47. The lowest BCUT2D eigenvalue weighted by Crippen LogP contribution is -2.47. The van der Waals surface area contributed by atoms with Crippen LogP contribution in [-0.4, -0.2) is 82.6 Å². The molecule has 0 unspecified atom stereocenters. The van der Waals surface area contributed by atoms with Crippen LogP contribution < -0.4 is 9.64 Å². The monoisotopic (exact) mass is 527 g/mol. The average molecular weight is 528 g/mol. The minimum Gasteiger partial charge on any atom is -0.497 e. The molecule has 3 aliphatic rings. The molecule has 3 saturated heterocycles. The predicted molar refractivity (Wildman–Crippen MR) is 142 cm³/mol. The normalized spacial score (nSPS) is 22.8. The highest BCUT2D eigenvalue weighted by atomic mass is 32.2. The molecule has 37 heavy (non-hydrogen) atoms. The summed E-state index contributed by atoms with van der Waals surface area (Å²) in [5.74, 6) is 0.465. The third-order valence-corrected chi connectivity index (χ3v) is 10.2. The van der Waals surface area contributed by atoms with Crippen molar-refractivity contribution in [2.75, 3.05) is 57.8 Å². The van der Waals surface area contributed by atoms with E-state index in [1.54, 1.807) is 31.4 Å². The number of esters is 1. The number of sulfonamides is 1. The van der Waals surface area contributed by atoms with E-state index < -0.39 is 15.4 Å². The number of anilines is 1. The zero-order valence-corrected chi connectivity index (χ0v) is 22.6. The highest BCUT2D eigenvalue weighted by molar-refractivity contribution is 7.89. The van der Waals surface area contributed by atoms with Gasteiger partial charge < -0.3 is 14.4 Å². The lowest BCUT2D eigenvalue weighted by molar-refractivity contribution is -0.150. The summed E-state index contributed by atoms with van der Waals surface area (Å²) in [5.41, 5.74) is 1.99. The summed E-state index contributed by atoms with van der Waals surface area (Å²) in [6.45, 7) is 7.67. The first kappa shape index (κ1) is 26.0. The summed E-state index contributed by atoms with van der Waals surface area (Å²) in [4.78, 5) is 18.0. The number of carbonyl (C=O) groups excluding carboxylic acids is 1. The number of hydrogen-bond donors (Lipinski definition) is 0. The molecule has 5 rings (SSSR count). The van der Waals surface area contributed by atoms with Gasteiger partial charge in [0.15, 0.2) is 0 Å². The molecule has 8 nitrogen and oxygen atoms in total. The summed E-state index contributed by atoms with van der Waals surface area (Å²) >= 11 is 0. The van der Waals surface area contributed by atoms with Crippen LogP contribution in [0.4, 0.5) is 5.69 Å². The molecule has 0 saturated carbocycles. The molecule has 2 aromatic carbocycles. The van der Waals surface area contributed by atoms with Crippen LogP contribution in [0.3, 0.4) is 0 Å². The fourth-order valence-electron chi connectivity index (χ4n) is 5.77. The fraction of sp³-hybridized carbons (Fsp3) is 0.536. The highest BCUT2D eigenvalue weighted by Crippen LogP contribution is 2.44. The van der Waals surface area contributed by atoms with Crippen molar-refractivity contribution in [3.8, 4) is 5.75 Å². The van der Waals surface area contributed by atoms with Crippen molar-refractivity contribution in [3.63, 3.8) is 0 Å². The zero-order chi connectivity index (χ0) is 26.0. The largest absolute Gasteiger partial charge is 0.497 e. The van der Waals surface area contributed by atoms with Crippen LogP contribution in [0.2, 0.25) is 0 Å². The van der Waals surface area contributed by atoms with E-state index in [0.717, 1.165) is 39.1 Å². The third-order valence-electron chi connectivity index (χ3n) is 8.24. The maximum atomic E-state index is 13.1. The number of piperazine rings is 1. The zero-order valence-electron chi connectivity index (χ0n) is 21.8. The maximum Gasteiger partial charge on any atom is 0.312 e. The van der Waals surface area contributed by atoms with Crippen LogP contribution in [0.15, 0.2) is 53.4 Å². The van der Waals surface area contributed by atoms with Crippen molar-refractivity contribution in [2.45, 2.75) is 43.6 Å². The first-order valence-corrected chi connectivity index (χ1v) is 14.6. The van der Waals surface area contributed by atoms with Gasteiger partial charge in [-0.05, 0) is 62.6 Å². The van der Waals surface area contributed by atoms with E-state index in [2.05, 4.69) is 41.0 Å². The van der Waals surface area contributed by atoms with Crippen molar-refractivity contribution >= 4 is 21.7 Å². The second-order valence-corrected chi connectivity index (χ2v) is 12.5. The van der Waals surface area contributed by atoms with Crippen molar-refractivity contribution in [1.29, 1.82) is 0 Å². The standard InChI is InChI=1S/C28H37N3O5S/c1-22-3-5-23(6-4-22)30-19-17-29(18-20-30)14-11-25-21-28(27(32)36-25)12-15-31(16-13-28)37(33,34)26-9-7-24(35-2)8-10-26/h3-10,25H,11-21H2,1-2H3/t25-/m1/s1. The van der Waals surface area contributed by atoms with Gasteiger partial charge in [-0.2, -0.15) is 4.31 Å². The Morgan fingerprint density at radius 2 is 1.59 bits per heavy atom. The molecular formula is C28H37N3O5S. The Balaban J connectivity index is 1.10. The number of cyclic esters (lactones) is 1. The van der Waals surface area contributed by atoms with Crippen LogP contribution in [0, 0.1) is 12.3 Å². The third kappa shape index (κ3) is 5.49. The second kappa shape index (κ2) is 10.6. The highest BCUT2D eigenvalue weighted by Gasteiger charge is 2.51. The van der Waals surface area contributed by atoms with Crippen LogP contribution in [0.5, 0.6) is 5.75 Å². The number of ether oxygens (including phenoxy) is 2. The second-order valence-electron chi connectivity index (χ2n) is 10.5. The summed E-state index contributed by atoms with van der Waals surface area (Å²) in [7, 11) is -2.05. The number of aryl methyl sites for hydroxylation is 1. The van der Waals surface area contributed by atoms with Gasteiger partial charge in [0.25, 0.3) is 0 Å². The lowest BCUT2D eigenvalue weighted by Gasteiger charge is -2.36. The Morgan fingerprint density at radius 1 is 0.946 bits per heavy atom. The van der Waals surface area contributed by atoms with Gasteiger partial charge in [-0.15, -0.1) is 0 Å². The van der Waals surface area contributed by atoms with Crippen LogP contribution >= 0.6 is 0 Å². The van der Waals surface area contributed by atoms with Gasteiger partial charge in [-0.3, -0.25) is 9.69 Å². The number of piperidine rings is 1. The predicted octanol–water partition coefficient (Wildman–Crippen LogP) is 3.30. The smallest absolute Gasteiger partial charge is 0.312 e. The average Bonchev–Trinajstić information content (AvgIpc) is 3.22. The molecule has 2 aromatic rings. The number of nitrogens with zero attached hydrogens (tertiary/aromatic N) is 3.